The number of hydrogen-bond acceptors (Lipinski definition) is 3. The molecule has 122 valence electrons. The Morgan fingerprint density at radius 3 is 3.00 bits per heavy atom. The van der Waals surface area contributed by atoms with Crippen LogP contribution in [0.4, 0.5) is 0 Å². The molecule has 0 N–H and O–H groups in total. The maximum Gasteiger partial charge on any atom is 0.229 e. The van der Waals surface area contributed by atoms with Gasteiger partial charge in [-0.2, -0.15) is 0 Å². The number of fused-ring (bicyclic) bond motifs is 1. The van der Waals surface area contributed by atoms with Gasteiger partial charge < -0.3 is 14.2 Å². The summed E-state index contributed by atoms with van der Waals surface area (Å²) in [7, 11) is 2.05. The third-order valence-electron chi connectivity index (χ3n) is 5.09. The minimum absolute atomic E-state index is 0.0604. The molecule has 4 rings (SSSR count). The van der Waals surface area contributed by atoms with Gasteiger partial charge in [-0.3, -0.25) is 4.79 Å². The zero-order valence-corrected chi connectivity index (χ0v) is 13.7. The number of imidazole rings is 1. The molecule has 5 nitrogen and oxygen atoms in total. The Balaban J connectivity index is 1.60. The lowest BCUT2D eigenvalue weighted by molar-refractivity contribution is -0.134. The number of aryl methyl sites for hydroxylation is 1. The van der Waals surface area contributed by atoms with E-state index in [1.807, 2.05) is 37.1 Å². The summed E-state index contributed by atoms with van der Waals surface area (Å²) in [5, 5.41) is 0. The molecule has 2 aromatic rings. The number of para-hydroxylation sites is 2. The molecular weight excluding hydrogens is 290 g/mol. The molecule has 1 saturated heterocycles. The van der Waals surface area contributed by atoms with Gasteiger partial charge in [0.15, 0.2) is 0 Å². The maximum absolute atomic E-state index is 12.8. The Kier molecular flexibility index (Phi) is 3.60. The second kappa shape index (κ2) is 5.64. The number of ether oxygens (including phenoxy) is 1. The lowest BCUT2D eigenvalue weighted by atomic mass is 10.2. The number of rotatable bonds is 4. The largest absolute Gasteiger partial charge is 0.378 e. The fraction of sp³-hybridized carbons (Fsp3) is 0.556. The monoisotopic (exact) mass is 313 g/mol. The molecule has 2 aliphatic rings. The Hall–Kier alpha value is -1.88. The summed E-state index contributed by atoms with van der Waals surface area (Å²) in [6.45, 7) is 3.50. The van der Waals surface area contributed by atoms with Crippen LogP contribution in [0.25, 0.3) is 11.0 Å². The van der Waals surface area contributed by atoms with E-state index < -0.39 is 0 Å². The molecule has 1 aliphatic carbocycles. The van der Waals surface area contributed by atoms with Gasteiger partial charge >= 0.3 is 0 Å². The van der Waals surface area contributed by atoms with Crippen molar-refractivity contribution in [1.29, 1.82) is 0 Å². The van der Waals surface area contributed by atoms with Gasteiger partial charge in [0.1, 0.15) is 5.82 Å². The zero-order valence-electron chi connectivity index (χ0n) is 13.7. The van der Waals surface area contributed by atoms with Crippen LogP contribution in [0.3, 0.4) is 0 Å². The van der Waals surface area contributed by atoms with E-state index in [0.29, 0.717) is 6.61 Å². The van der Waals surface area contributed by atoms with E-state index >= 15 is 0 Å². The predicted octanol–water partition coefficient (Wildman–Crippen LogP) is 2.66. The van der Waals surface area contributed by atoms with E-state index in [1.54, 1.807) is 0 Å². The van der Waals surface area contributed by atoms with Gasteiger partial charge in [-0.05, 0) is 38.3 Å². The second-order valence-corrected chi connectivity index (χ2v) is 6.54. The number of nitrogens with zero attached hydrogens (tertiary/aromatic N) is 3. The van der Waals surface area contributed by atoms with Crippen molar-refractivity contribution in [1.82, 2.24) is 14.5 Å². The molecule has 2 fully saturated rings. The van der Waals surface area contributed by atoms with Gasteiger partial charge in [-0.15, -0.1) is 0 Å². The number of carbonyl (C=O) groups is 1. The SMILES string of the molecule is CCO[C@@H]1C[C@H]1C(=O)N1CCC[C@H]1c1nc2ccccc2n1C. The Morgan fingerprint density at radius 2 is 2.22 bits per heavy atom. The van der Waals surface area contributed by atoms with Crippen LogP contribution in [0.2, 0.25) is 0 Å². The standard InChI is InChI=1S/C18H23N3O2/c1-3-23-16-11-12(16)18(22)21-10-6-9-15(21)17-19-13-7-4-5-8-14(13)20(17)2/h4-5,7-8,12,15-16H,3,6,9-11H2,1-2H3/t12-,15+,16-/m1/s1. The van der Waals surface area contributed by atoms with Crippen molar-refractivity contribution in [3.63, 3.8) is 0 Å². The minimum Gasteiger partial charge on any atom is -0.378 e. The molecule has 0 bridgehead atoms. The van der Waals surface area contributed by atoms with E-state index in [-0.39, 0.29) is 24.0 Å². The first-order valence-corrected chi connectivity index (χ1v) is 8.54. The zero-order chi connectivity index (χ0) is 16.0. The van der Waals surface area contributed by atoms with Crippen molar-refractivity contribution in [3.8, 4) is 0 Å². The summed E-state index contributed by atoms with van der Waals surface area (Å²) in [4.78, 5) is 19.6. The van der Waals surface area contributed by atoms with Crippen molar-refractivity contribution in [2.75, 3.05) is 13.2 Å². The second-order valence-electron chi connectivity index (χ2n) is 6.54. The molecule has 0 unspecified atom stereocenters. The lowest BCUT2D eigenvalue weighted by Crippen LogP contribution is -2.34. The molecule has 2 heterocycles. The molecule has 3 atom stereocenters. The van der Waals surface area contributed by atoms with Crippen LogP contribution in [-0.2, 0) is 16.6 Å². The summed E-state index contributed by atoms with van der Waals surface area (Å²) in [5.41, 5.74) is 2.13. The van der Waals surface area contributed by atoms with E-state index in [2.05, 4.69) is 10.6 Å². The molecule has 23 heavy (non-hydrogen) atoms. The molecule has 1 saturated carbocycles. The van der Waals surface area contributed by atoms with E-state index in [9.17, 15) is 4.79 Å². The fourth-order valence-corrected chi connectivity index (χ4v) is 3.80. The normalized spacial score (nSPS) is 26.9. The van der Waals surface area contributed by atoms with Crippen LogP contribution in [0.5, 0.6) is 0 Å². The number of likely N-dealkylation sites (tertiary alicyclic amines) is 1. The topological polar surface area (TPSA) is 47.4 Å². The van der Waals surface area contributed by atoms with Crippen LogP contribution in [0.1, 0.15) is 38.1 Å². The van der Waals surface area contributed by atoms with Gasteiger partial charge in [0.25, 0.3) is 0 Å². The van der Waals surface area contributed by atoms with E-state index in [0.717, 1.165) is 42.7 Å². The fourth-order valence-electron chi connectivity index (χ4n) is 3.80. The molecular formula is C18H23N3O2. The highest BCUT2D eigenvalue weighted by molar-refractivity contribution is 5.83. The molecule has 1 amide bonds. The van der Waals surface area contributed by atoms with Gasteiger partial charge in [-0.1, -0.05) is 12.1 Å². The Bertz CT molecular complexity index is 739. The number of aromatic nitrogens is 2. The Morgan fingerprint density at radius 1 is 1.39 bits per heavy atom. The quantitative estimate of drug-likeness (QED) is 0.872. The van der Waals surface area contributed by atoms with Gasteiger partial charge in [0, 0.05) is 20.2 Å². The first-order chi connectivity index (χ1) is 11.2. The van der Waals surface area contributed by atoms with Crippen LogP contribution >= 0.6 is 0 Å². The van der Waals surface area contributed by atoms with Gasteiger partial charge in [-0.25, -0.2) is 4.98 Å². The molecule has 0 radical (unpaired) electrons. The maximum atomic E-state index is 12.8. The molecule has 1 aromatic heterocycles. The van der Waals surface area contributed by atoms with Crippen LogP contribution < -0.4 is 0 Å². The number of amides is 1. The number of benzene rings is 1. The molecule has 1 aliphatic heterocycles. The highest BCUT2D eigenvalue weighted by Gasteiger charge is 2.48. The first kappa shape index (κ1) is 14.7. The molecule has 0 spiro atoms. The smallest absolute Gasteiger partial charge is 0.229 e. The van der Waals surface area contributed by atoms with Crippen molar-refractivity contribution in [2.45, 2.75) is 38.3 Å². The van der Waals surface area contributed by atoms with Crippen molar-refractivity contribution in [3.05, 3.63) is 30.1 Å². The first-order valence-electron chi connectivity index (χ1n) is 8.54. The highest BCUT2D eigenvalue weighted by atomic mass is 16.5. The number of carbonyl (C=O) groups excluding carboxylic acids is 1. The van der Waals surface area contributed by atoms with Gasteiger partial charge in [0.05, 0.1) is 29.1 Å². The lowest BCUT2D eigenvalue weighted by Gasteiger charge is -2.24. The minimum atomic E-state index is 0.0604. The van der Waals surface area contributed by atoms with Crippen LogP contribution in [0, 0.1) is 5.92 Å². The van der Waals surface area contributed by atoms with Crippen LogP contribution in [0.15, 0.2) is 24.3 Å². The molecule has 1 aromatic carbocycles. The third-order valence-corrected chi connectivity index (χ3v) is 5.09. The summed E-state index contributed by atoms with van der Waals surface area (Å²) in [5.74, 6) is 1.31. The van der Waals surface area contributed by atoms with Crippen molar-refractivity contribution < 1.29 is 9.53 Å². The highest BCUT2D eigenvalue weighted by Crippen LogP contribution is 2.40. The van der Waals surface area contributed by atoms with E-state index in [4.69, 9.17) is 9.72 Å². The average Bonchev–Trinajstić information content (AvgIpc) is 3.03. The van der Waals surface area contributed by atoms with Crippen molar-refractivity contribution in [2.24, 2.45) is 13.0 Å². The summed E-state index contributed by atoms with van der Waals surface area (Å²) in [6, 6.07) is 8.25. The summed E-state index contributed by atoms with van der Waals surface area (Å²) >= 11 is 0. The molecule has 5 heteroatoms. The van der Waals surface area contributed by atoms with Gasteiger partial charge in [0.2, 0.25) is 5.91 Å². The van der Waals surface area contributed by atoms with E-state index in [1.165, 1.54) is 0 Å². The summed E-state index contributed by atoms with van der Waals surface area (Å²) < 4.78 is 7.73. The Labute approximate surface area is 136 Å². The summed E-state index contributed by atoms with van der Waals surface area (Å²) in [6.07, 6.45) is 3.05. The number of hydrogen-bond donors (Lipinski definition) is 0. The third kappa shape index (κ3) is 2.43. The van der Waals surface area contributed by atoms with Crippen molar-refractivity contribution >= 4 is 16.9 Å². The average molecular weight is 313 g/mol. The predicted molar refractivity (Wildman–Crippen MR) is 87.9 cm³/mol. The van der Waals surface area contributed by atoms with Crippen LogP contribution in [-0.4, -0.2) is 39.6 Å².